The van der Waals surface area contributed by atoms with Gasteiger partial charge >= 0.3 is 0 Å². The van der Waals surface area contributed by atoms with Crippen molar-refractivity contribution in [1.82, 2.24) is 10.3 Å². The van der Waals surface area contributed by atoms with Gasteiger partial charge < -0.3 is 10.3 Å². The van der Waals surface area contributed by atoms with Crippen molar-refractivity contribution in [3.63, 3.8) is 0 Å². The molecule has 0 saturated heterocycles. The van der Waals surface area contributed by atoms with Gasteiger partial charge in [0.2, 0.25) is 0 Å². The number of aromatic amines is 1. The van der Waals surface area contributed by atoms with Crippen molar-refractivity contribution in [2.45, 2.75) is 6.04 Å². The fourth-order valence-electron chi connectivity index (χ4n) is 2.64. The minimum atomic E-state index is -0.277. The van der Waals surface area contributed by atoms with E-state index in [2.05, 4.69) is 10.3 Å². The molecule has 1 amide bonds. The highest BCUT2D eigenvalue weighted by atomic mass is 32.2. The van der Waals surface area contributed by atoms with E-state index in [0.29, 0.717) is 5.39 Å². The summed E-state index contributed by atoms with van der Waals surface area (Å²) in [6, 6.07) is 18.7. The Kier molecular flexibility index (Phi) is 5.01. The predicted octanol–water partition coefficient (Wildman–Crippen LogP) is 3.36. The van der Waals surface area contributed by atoms with Crippen LogP contribution in [0, 0.1) is 0 Å². The SMILES string of the molecule is CSC[C@@H](NC(=O)c1cc2ccccc2c(=O)[nH]1)c1ccccc1. The number of carbonyl (C=O) groups is 1. The number of benzene rings is 2. The Morgan fingerprint density at radius 1 is 1.12 bits per heavy atom. The number of hydrogen-bond donors (Lipinski definition) is 2. The highest BCUT2D eigenvalue weighted by Gasteiger charge is 2.16. The van der Waals surface area contributed by atoms with Gasteiger partial charge in [-0.05, 0) is 29.3 Å². The van der Waals surface area contributed by atoms with Gasteiger partial charge in [0.05, 0.1) is 6.04 Å². The van der Waals surface area contributed by atoms with Crippen LogP contribution in [0.25, 0.3) is 10.8 Å². The molecule has 0 aliphatic heterocycles. The lowest BCUT2D eigenvalue weighted by Crippen LogP contribution is -2.31. The van der Waals surface area contributed by atoms with Crippen LogP contribution in [0.1, 0.15) is 22.1 Å². The number of nitrogens with one attached hydrogen (secondary N) is 2. The summed E-state index contributed by atoms with van der Waals surface area (Å²) in [4.78, 5) is 27.4. The van der Waals surface area contributed by atoms with Gasteiger partial charge in [-0.3, -0.25) is 9.59 Å². The zero-order valence-corrected chi connectivity index (χ0v) is 14.1. The lowest BCUT2D eigenvalue weighted by atomic mass is 10.1. The average Bonchev–Trinajstić information content (AvgIpc) is 2.62. The number of H-pyrrole nitrogens is 1. The molecule has 0 aliphatic carbocycles. The fourth-order valence-corrected chi connectivity index (χ4v) is 3.25. The summed E-state index contributed by atoms with van der Waals surface area (Å²) in [7, 11) is 0. The van der Waals surface area contributed by atoms with E-state index < -0.39 is 0 Å². The monoisotopic (exact) mass is 338 g/mol. The van der Waals surface area contributed by atoms with E-state index in [1.54, 1.807) is 30.0 Å². The zero-order chi connectivity index (χ0) is 16.9. The third-order valence-electron chi connectivity index (χ3n) is 3.84. The first kappa shape index (κ1) is 16.3. The quantitative estimate of drug-likeness (QED) is 0.750. The molecule has 1 heterocycles. The van der Waals surface area contributed by atoms with E-state index in [1.807, 2.05) is 48.7 Å². The molecular weight excluding hydrogens is 320 g/mol. The summed E-state index contributed by atoms with van der Waals surface area (Å²) < 4.78 is 0. The van der Waals surface area contributed by atoms with Crippen LogP contribution in [0.15, 0.2) is 65.5 Å². The highest BCUT2D eigenvalue weighted by Crippen LogP contribution is 2.18. The van der Waals surface area contributed by atoms with Crippen LogP contribution >= 0.6 is 11.8 Å². The maximum absolute atomic E-state index is 12.6. The summed E-state index contributed by atoms with van der Waals surface area (Å²) in [5.74, 6) is 0.480. The number of hydrogen-bond acceptors (Lipinski definition) is 3. The Labute approximate surface area is 144 Å². The van der Waals surface area contributed by atoms with Crippen LogP contribution in [0.3, 0.4) is 0 Å². The van der Waals surface area contributed by atoms with Crippen LogP contribution in [-0.4, -0.2) is 22.9 Å². The summed E-state index contributed by atoms with van der Waals surface area (Å²) >= 11 is 1.66. The second-order valence-electron chi connectivity index (χ2n) is 5.49. The molecule has 3 rings (SSSR count). The van der Waals surface area contributed by atoms with Crippen molar-refractivity contribution in [2.24, 2.45) is 0 Å². The molecule has 24 heavy (non-hydrogen) atoms. The van der Waals surface area contributed by atoms with Crippen molar-refractivity contribution in [3.05, 3.63) is 82.3 Å². The second kappa shape index (κ2) is 7.36. The van der Waals surface area contributed by atoms with Gasteiger partial charge in [-0.25, -0.2) is 0 Å². The highest BCUT2D eigenvalue weighted by molar-refractivity contribution is 7.98. The maximum Gasteiger partial charge on any atom is 0.268 e. The first-order chi connectivity index (χ1) is 11.7. The molecule has 0 bridgehead atoms. The normalized spacial score (nSPS) is 12.0. The zero-order valence-electron chi connectivity index (χ0n) is 13.3. The van der Waals surface area contributed by atoms with Crippen molar-refractivity contribution in [2.75, 3.05) is 12.0 Å². The Hall–Kier alpha value is -2.53. The topological polar surface area (TPSA) is 62.0 Å². The number of pyridine rings is 1. The summed E-state index contributed by atoms with van der Waals surface area (Å²) in [6.45, 7) is 0. The van der Waals surface area contributed by atoms with Gasteiger partial charge in [0.15, 0.2) is 0 Å². The van der Waals surface area contributed by atoms with E-state index in [0.717, 1.165) is 16.7 Å². The van der Waals surface area contributed by atoms with Crippen LogP contribution in [0.4, 0.5) is 0 Å². The first-order valence-electron chi connectivity index (χ1n) is 7.66. The first-order valence-corrected chi connectivity index (χ1v) is 9.05. The van der Waals surface area contributed by atoms with E-state index in [9.17, 15) is 9.59 Å². The number of rotatable bonds is 5. The smallest absolute Gasteiger partial charge is 0.268 e. The molecular formula is C19H18N2O2S. The third-order valence-corrected chi connectivity index (χ3v) is 4.51. The van der Waals surface area contributed by atoms with Gasteiger partial charge in [-0.1, -0.05) is 48.5 Å². The van der Waals surface area contributed by atoms with Crippen LogP contribution in [0.5, 0.6) is 0 Å². The van der Waals surface area contributed by atoms with Gasteiger partial charge in [0.1, 0.15) is 5.69 Å². The van der Waals surface area contributed by atoms with Crippen molar-refractivity contribution in [3.8, 4) is 0 Å². The van der Waals surface area contributed by atoms with E-state index >= 15 is 0 Å². The van der Waals surface area contributed by atoms with E-state index in [-0.39, 0.29) is 23.2 Å². The molecule has 3 aromatic rings. The molecule has 4 nitrogen and oxygen atoms in total. The van der Waals surface area contributed by atoms with Crippen molar-refractivity contribution in [1.29, 1.82) is 0 Å². The maximum atomic E-state index is 12.6. The molecule has 1 aromatic heterocycles. The lowest BCUT2D eigenvalue weighted by molar-refractivity contribution is 0.0935. The number of thioether (sulfide) groups is 1. The van der Waals surface area contributed by atoms with Crippen LogP contribution in [-0.2, 0) is 0 Å². The summed E-state index contributed by atoms with van der Waals surface area (Å²) in [5, 5.41) is 4.35. The van der Waals surface area contributed by atoms with E-state index in [4.69, 9.17) is 0 Å². The molecule has 122 valence electrons. The van der Waals surface area contributed by atoms with Gasteiger partial charge in [-0.15, -0.1) is 0 Å². The fraction of sp³-hybridized carbons (Fsp3) is 0.158. The van der Waals surface area contributed by atoms with Crippen molar-refractivity contribution < 1.29 is 4.79 Å². The second-order valence-corrected chi connectivity index (χ2v) is 6.40. The summed E-state index contributed by atoms with van der Waals surface area (Å²) in [5.41, 5.74) is 1.07. The molecule has 0 aliphatic rings. The third kappa shape index (κ3) is 3.51. The largest absolute Gasteiger partial charge is 0.343 e. The lowest BCUT2D eigenvalue weighted by Gasteiger charge is -2.18. The number of carbonyl (C=O) groups excluding carboxylic acids is 1. The van der Waals surface area contributed by atoms with Gasteiger partial charge in [0.25, 0.3) is 11.5 Å². The number of aromatic nitrogens is 1. The van der Waals surface area contributed by atoms with Crippen LogP contribution in [0.2, 0.25) is 0 Å². The summed E-state index contributed by atoms with van der Waals surface area (Å²) in [6.07, 6.45) is 2.00. The Morgan fingerprint density at radius 2 is 1.83 bits per heavy atom. The molecule has 1 atom stereocenters. The standard InChI is InChI=1S/C19H18N2O2S/c1-24-12-17(13-7-3-2-4-8-13)21-19(23)16-11-14-9-5-6-10-15(14)18(22)20-16/h2-11,17H,12H2,1H3,(H,20,22)(H,21,23)/t17-/m1/s1. The Morgan fingerprint density at radius 3 is 2.58 bits per heavy atom. The molecule has 0 saturated carbocycles. The van der Waals surface area contributed by atoms with Gasteiger partial charge in [-0.2, -0.15) is 11.8 Å². The molecule has 2 aromatic carbocycles. The van der Waals surface area contributed by atoms with E-state index in [1.165, 1.54) is 0 Å². The number of fused-ring (bicyclic) bond motifs is 1. The molecule has 0 fully saturated rings. The molecule has 0 unspecified atom stereocenters. The molecule has 0 spiro atoms. The minimum absolute atomic E-state index is 0.108. The van der Waals surface area contributed by atoms with Gasteiger partial charge in [0, 0.05) is 11.1 Å². The molecule has 5 heteroatoms. The van der Waals surface area contributed by atoms with Crippen molar-refractivity contribution >= 4 is 28.4 Å². The number of amides is 1. The Bertz CT molecular complexity index is 906. The average molecular weight is 338 g/mol. The molecule has 2 N–H and O–H groups in total. The molecule has 0 radical (unpaired) electrons. The minimum Gasteiger partial charge on any atom is -0.343 e. The predicted molar refractivity (Wildman–Crippen MR) is 99.6 cm³/mol. The van der Waals surface area contributed by atoms with Crippen LogP contribution < -0.4 is 10.9 Å². The Balaban J connectivity index is 1.89.